The zero-order valence-corrected chi connectivity index (χ0v) is 11.6. The Morgan fingerprint density at radius 3 is 2.71 bits per heavy atom. The van der Waals surface area contributed by atoms with Crippen molar-refractivity contribution in [2.75, 3.05) is 14.2 Å². The highest BCUT2D eigenvalue weighted by molar-refractivity contribution is 5.93. The van der Waals surface area contributed by atoms with Crippen molar-refractivity contribution < 1.29 is 18.3 Å². The average Bonchev–Trinajstić information content (AvgIpc) is 2.47. The van der Waals surface area contributed by atoms with Crippen molar-refractivity contribution in [3.8, 4) is 5.75 Å². The lowest BCUT2D eigenvalue weighted by Gasteiger charge is -2.17. The zero-order valence-electron chi connectivity index (χ0n) is 11.6. The third-order valence-electron chi connectivity index (χ3n) is 2.97. The van der Waals surface area contributed by atoms with Gasteiger partial charge in [-0.25, -0.2) is 9.37 Å². The Bertz CT molecular complexity index is 662. The molecule has 0 saturated carbocycles. The molecule has 2 rings (SSSR count). The van der Waals surface area contributed by atoms with Crippen molar-refractivity contribution in [3.63, 3.8) is 0 Å². The number of halogens is 2. The molecule has 1 aromatic heterocycles. The van der Waals surface area contributed by atoms with Gasteiger partial charge in [0, 0.05) is 19.8 Å². The van der Waals surface area contributed by atoms with Gasteiger partial charge in [-0.05, 0) is 29.8 Å². The number of pyridine rings is 1. The first-order valence-corrected chi connectivity index (χ1v) is 6.21. The van der Waals surface area contributed by atoms with Crippen LogP contribution in [0.1, 0.15) is 15.9 Å². The predicted molar refractivity (Wildman–Crippen MR) is 72.9 cm³/mol. The third-order valence-corrected chi connectivity index (χ3v) is 2.97. The molecule has 4 nitrogen and oxygen atoms in total. The second kappa shape index (κ2) is 6.30. The summed E-state index contributed by atoms with van der Waals surface area (Å²) in [5, 5.41) is 0. The first kappa shape index (κ1) is 14.9. The summed E-state index contributed by atoms with van der Waals surface area (Å²) < 4.78 is 31.9. The third kappa shape index (κ3) is 3.34. The van der Waals surface area contributed by atoms with Crippen LogP contribution in [0.5, 0.6) is 5.75 Å². The Hall–Kier alpha value is -2.50. The van der Waals surface area contributed by atoms with Gasteiger partial charge in [0.1, 0.15) is 0 Å². The summed E-state index contributed by atoms with van der Waals surface area (Å²) in [6, 6.07) is 7.24. The Morgan fingerprint density at radius 2 is 2.10 bits per heavy atom. The van der Waals surface area contributed by atoms with Crippen molar-refractivity contribution in [3.05, 3.63) is 59.4 Å². The van der Waals surface area contributed by atoms with Crippen molar-refractivity contribution in [2.45, 2.75) is 6.54 Å². The molecule has 2 aromatic rings. The van der Waals surface area contributed by atoms with Crippen molar-refractivity contribution in [2.24, 2.45) is 0 Å². The molecule has 0 atom stereocenters. The van der Waals surface area contributed by atoms with Crippen LogP contribution < -0.4 is 4.74 Å². The number of hydrogen-bond donors (Lipinski definition) is 0. The number of nitrogens with zero attached hydrogens (tertiary/aromatic N) is 2. The fourth-order valence-electron chi connectivity index (χ4n) is 1.91. The van der Waals surface area contributed by atoms with Crippen LogP contribution in [-0.2, 0) is 6.54 Å². The molecule has 21 heavy (non-hydrogen) atoms. The minimum Gasteiger partial charge on any atom is -0.494 e. The summed E-state index contributed by atoms with van der Waals surface area (Å²) in [6.07, 6.45) is 1.27. The monoisotopic (exact) mass is 292 g/mol. The molecule has 0 bridgehead atoms. The topological polar surface area (TPSA) is 42.4 Å². The maximum absolute atomic E-state index is 13.6. The second-order valence-corrected chi connectivity index (χ2v) is 4.47. The van der Waals surface area contributed by atoms with Crippen LogP contribution in [0.25, 0.3) is 0 Å². The number of rotatable bonds is 4. The maximum Gasteiger partial charge on any atom is 0.258 e. The van der Waals surface area contributed by atoms with E-state index in [9.17, 15) is 13.6 Å². The van der Waals surface area contributed by atoms with E-state index in [4.69, 9.17) is 4.74 Å². The number of ether oxygens (including phenoxy) is 1. The zero-order chi connectivity index (χ0) is 15.4. The van der Waals surface area contributed by atoms with E-state index in [1.165, 1.54) is 49.5 Å². The van der Waals surface area contributed by atoms with Gasteiger partial charge in [-0.1, -0.05) is 6.07 Å². The number of aromatic nitrogens is 1. The molecule has 0 aliphatic rings. The first-order chi connectivity index (χ1) is 10.0. The molecule has 0 radical (unpaired) electrons. The molecule has 0 unspecified atom stereocenters. The minimum absolute atomic E-state index is 0.117. The van der Waals surface area contributed by atoms with Gasteiger partial charge >= 0.3 is 0 Å². The van der Waals surface area contributed by atoms with E-state index in [1.807, 2.05) is 0 Å². The van der Waals surface area contributed by atoms with Crippen molar-refractivity contribution in [1.82, 2.24) is 9.88 Å². The molecule has 0 N–H and O–H groups in total. The lowest BCUT2D eigenvalue weighted by molar-refractivity contribution is 0.0779. The Morgan fingerprint density at radius 1 is 1.33 bits per heavy atom. The van der Waals surface area contributed by atoms with Crippen LogP contribution in [0.2, 0.25) is 0 Å². The molecule has 6 heteroatoms. The number of amides is 1. The summed E-state index contributed by atoms with van der Waals surface area (Å²) in [4.78, 5) is 16.8. The molecule has 1 amide bonds. The smallest absolute Gasteiger partial charge is 0.258 e. The molecule has 110 valence electrons. The van der Waals surface area contributed by atoms with E-state index in [2.05, 4.69) is 4.98 Å². The second-order valence-electron chi connectivity index (χ2n) is 4.47. The molecule has 0 spiro atoms. The fraction of sp³-hybridized carbons (Fsp3) is 0.200. The van der Waals surface area contributed by atoms with Crippen LogP contribution in [0, 0.1) is 11.8 Å². The Kier molecular flexibility index (Phi) is 4.47. The van der Waals surface area contributed by atoms with E-state index in [0.717, 1.165) is 0 Å². The van der Waals surface area contributed by atoms with Gasteiger partial charge in [-0.2, -0.15) is 4.39 Å². The molecule has 1 heterocycles. The molecule has 0 saturated heterocycles. The van der Waals surface area contributed by atoms with Crippen LogP contribution in [-0.4, -0.2) is 29.9 Å². The average molecular weight is 292 g/mol. The molecular weight excluding hydrogens is 278 g/mol. The van der Waals surface area contributed by atoms with Gasteiger partial charge < -0.3 is 9.64 Å². The van der Waals surface area contributed by atoms with E-state index >= 15 is 0 Å². The van der Waals surface area contributed by atoms with Gasteiger partial charge in [0.15, 0.2) is 11.6 Å². The Balaban J connectivity index is 2.14. The van der Waals surface area contributed by atoms with Gasteiger partial charge in [0.25, 0.3) is 5.91 Å². The molecule has 0 aliphatic carbocycles. The van der Waals surface area contributed by atoms with Crippen molar-refractivity contribution >= 4 is 5.91 Å². The van der Waals surface area contributed by atoms with Gasteiger partial charge in [-0.15, -0.1) is 0 Å². The Labute approximate surface area is 121 Å². The molecule has 1 aromatic carbocycles. The van der Waals surface area contributed by atoms with Crippen molar-refractivity contribution in [1.29, 1.82) is 0 Å². The largest absolute Gasteiger partial charge is 0.494 e. The van der Waals surface area contributed by atoms with E-state index in [0.29, 0.717) is 5.56 Å². The summed E-state index contributed by atoms with van der Waals surface area (Å²) in [6.45, 7) is 0.147. The minimum atomic E-state index is -0.824. The standard InChI is InChI=1S/C15H14F2N2O2/c1-19(15(20)11-4-3-7-18-14(11)17)9-10-5-6-13(21-2)12(16)8-10/h3-8H,9H2,1-2H3. The lowest BCUT2D eigenvalue weighted by atomic mass is 10.2. The summed E-state index contributed by atoms with van der Waals surface area (Å²) >= 11 is 0. The first-order valence-electron chi connectivity index (χ1n) is 6.21. The predicted octanol–water partition coefficient (Wildman–Crippen LogP) is 2.64. The quantitative estimate of drug-likeness (QED) is 0.814. The number of carbonyl (C=O) groups is 1. The highest BCUT2D eigenvalue weighted by Crippen LogP contribution is 2.19. The number of hydrogen-bond acceptors (Lipinski definition) is 3. The van der Waals surface area contributed by atoms with E-state index in [1.54, 1.807) is 6.07 Å². The highest BCUT2D eigenvalue weighted by atomic mass is 19.1. The van der Waals surface area contributed by atoms with E-state index < -0.39 is 17.7 Å². The number of methoxy groups -OCH3 is 1. The van der Waals surface area contributed by atoms with Gasteiger partial charge in [0.05, 0.1) is 12.7 Å². The maximum atomic E-state index is 13.6. The summed E-state index contributed by atoms with van der Waals surface area (Å²) in [7, 11) is 2.88. The van der Waals surface area contributed by atoms with Crippen LogP contribution >= 0.6 is 0 Å². The van der Waals surface area contributed by atoms with Gasteiger partial charge in [0.2, 0.25) is 5.95 Å². The SMILES string of the molecule is COc1ccc(CN(C)C(=O)c2cccnc2F)cc1F. The summed E-state index contributed by atoms with van der Waals surface area (Å²) in [5.74, 6) is -1.72. The molecular formula is C15H14F2N2O2. The van der Waals surface area contributed by atoms with E-state index in [-0.39, 0.29) is 17.9 Å². The van der Waals surface area contributed by atoms with Crippen LogP contribution in [0.15, 0.2) is 36.5 Å². The summed E-state index contributed by atoms with van der Waals surface area (Å²) in [5.41, 5.74) is 0.461. The fourth-order valence-corrected chi connectivity index (χ4v) is 1.91. The number of carbonyl (C=O) groups excluding carboxylic acids is 1. The van der Waals surface area contributed by atoms with Crippen LogP contribution in [0.4, 0.5) is 8.78 Å². The number of benzene rings is 1. The molecule has 0 aliphatic heterocycles. The highest BCUT2D eigenvalue weighted by Gasteiger charge is 2.17. The lowest BCUT2D eigenvalue weighted by Crippen LogP contribution is -2.27. The van der Waals surface area contributed by atoms with Gasteiger partial charge in [-0.3, -0.25) is 4.79 Å². The molecule has 0 fully saturated rings. The van der Waals surface area contributed by atoms with Crippen LogP contribution in [0.3, 0.4) is 0 Å². The normalized spacial score (nSPS) is 10.3.